The summed E-state index contributed by atoms with van der Waals surface area (Å²) < 4.78 is 0. The number of hydrogen-bond donors (Lipinski definition) is 1. The lowest BCUT2D eigenvalue weighted by Gasteiger charge is -2.19. The van der Waals surface area contributed by atoms with Gasteiger partial charge in [-0.05, 0) is 18.3 Å². The van der Waals surface area contributed by atoms with E-state index in [4.69, 9.17) is 5.11 Å². The first-order chi connectivity index (χ1) is 10.7. The van der Waals surface area contributed by atoms with E-state index in [1.807, 2.05) is 0 Å². The maximum Gasteiger partial charge on any atom is 0.303 e. The van der Waals surface area contributed by atoms with Gasteiger partial charge in [0.1, 0.15) is 0 Å². The Hall–Kier alpha value is -0.530. The minimum absolute atomic E-state index is 0.351. The molecule has 2 heteroatoms. The van der Waals surface area contributed by atoms with Crippen LogP contribution in [0, 0.1) is 11.8 Å². The van der Waals surface area contributed by atoms with E-state index in [9.17, 15) is 4.79 Å². The second-order valence-corrected chi connectivity index (χ2v) is 7.35. The van der Waals surface area contributed by atoms with Crippen LogP contribution in [0.1, 0.15) is 110 Å². The van der Waals surface area contributed by atoms with E-state index in [0.29, 0.717) is 6.42 Å². The molecule has 2 nitrogen and oxygen atoms in total. The van der Waals surface area contributed by atoms with Crippen LogP contribution in [0.25, 0.3) is 0 Å². The quantitative estimate of drug-likeness (QED) is 0.368. The van der Waals surface area contributed by atoms with E-state index in [-0.39, 0.29) is 0 Å². The molecule has 1 fully saturated rings. The predicted octanol–water partition coefficient (Wildman–Crippen LogP) is 6.58. The highest BCUT2D eigenvalue weighted by Gasteiger charge is 2.25. The van der Waals surface area contributed by atoms with Crippen molar-refractivity contribution in [3.63, 3.8) is 0 Å². The zero-order valence-corrected chi connectivity index (χ0v) is 14.8. The third kappa shape index (κ3) is 9.48. The Labute approximate surface area is 138 Å². The molecule has 0 aromatic carbocycles. The van der Waals surface area contributed by atoms with Crippen molar-refractivity contribution < 1.29 is 9.90 Å². The first-order valence-corrected chi connectivity index (χ1v) is 9.95. The summed E-state index contributed by atoms with van der Waals surface area (Å²) in [6, 6.07) is 0. The summed E-state index contributed by atoms with van der Waals surface area (Å²) in [6.07, 6.45) is 20.6. The second kappa shape index (κ2) is 13.0. The van der Waals surface area contributed by atoms with Crippen LogP contribution in [0.2, 0.25) is 0 Å². The van der Waals surface area contributed by atoms with Crippen molar-refractivity contribution in [3.05, 3.63) is 0 Å². The van der Waals surface area contributed by atoms with Crippen LogP contribution < -0.4 is 0 Å². The van der Waals surface area contributed by atoms with Gasteiger partial charge in [0.05, 0.1) is 0 Å². The molecular formula is C20H38O2. The van der Waals surface area contributed by atoms with Crippen molar-refractivity contribution in [2.75, 3.05) is 0 Å². The average molecular weight is 311 g/mol. The molecule has 0 bridgehead atoms. The Bertz CT molecular complexity index is 275. The summed E-state index contributed by atoms with van der Waals surface area (Å²) >= 11 is 0. The van der Waals surface area contributed by atoms with Gasteiger partial charge in [0.15, 0.2) is 0 Å². The van der Waals surface area contributed by atoms with E-state index in [0.717, 1.165) is 24.7 Å². The largest absolute Gasteiger partial charge is 0.481 e. The van der Waals surface area contributed by atoms with Crippen LogP contribution in [0.4, 0.5) is 0 Å². The van der Waals surface area contributed by atoms with Gasteiger partial charge < -0.3 is 5.11 Å². The monoisotopic (exact) mass is 310 g/mol. The van der Waals surface area contributed by atoms with Crippen molar-refractivity contribution in [2.45, 2.75) is 110 Å². The fraction of sp³-hybridized carbons (Fsp3) is 0.950. The van der Waals surface area contributed by atoms with Gasteiger partial charge in [0, 0.05) is 6.42 Å². The number of unbranched alkanes of at least 4 members (excludes halogenated alkanes) is 8. The van der Waals surface area contributed by atoms with Gasteiger partial charge in [-0.15, -0.1) is 0 Å². The Balaban J connectivity index is 1.99. The number of carboxylic acids is 1. The summed E-state index contributed by atoms with van der Waals surface area (Å²) in [7, 11) is 0. The van der Waals surface area contributed by atoms with Gasteiger partial charge >= 0.3 is 5.97 Å². The summed E-state index contributed by atoms with van der Waals surface area (Å²) in [5.74, 6) is 1.34. The first kappa shape index (κ1) is 19.5. The predicted molar refractivity (Wildman–Crippen MR) is 94.2 cm³/mol. The topological polar surface area (TPSA) is 37.3 Å². The van der Waals surface area contributed by atoms with Crippen LogP contribution in [-0.2, 0) is 4.79 Å². The molecule has 1 aliphatic carbocycles. The van der Waals surface area contributed by atoms with Crippen molar-refractivity contribution in [3.8, 4) is 0 Å². The maximum absolute atomic E-state index is 10.5. The minimum Gasteiger partial charge on any atom is -0.481 e. The Morgan fingerprint density at radius 1 is 0.818 bits per heavy atom. The molecule has 0 radical (unpaired) electrons. The smallest absolute Gasteiger partial charge is 0.303 e. The van der Waals surface area contributed by atoms with Gasteiger partial charge in [-0.3, -0.25) is 4.79 Å². The third-order valence-electron chi connectivity index (χ3n) is 5.46. The first-order valence-electron chi connectivity index (χ1n) is 9.95. The Kier molecular flexibility index (Phi) is 11.5. The molecule has 1 N–H and O–H groups in total. The van der Waals surface area contributed by atoms with E-state index >= 15 is 0 Å². The van der Waals surface area contributed by atoms with Crippen LogP contribution in [0.15, 0.2) is 0 Å². The lowest BCUT2D eigenvalue weighted by molar-refractivity contribution is -0.137. The second-order valence-electron chi connectivity index (χ2n) is 7.35. The Morgan fingerprint density at radius 2 is 1.32 bits per heavy atom. The fourth-order valence-electron chi connectivity index (χ4n) is 4.10. The number of aliphatic carboxylic acids is 1. The summed E-state index contributed by atoms with van der Waals surface area (Å²) in [6.45, 7) is 2.28. The van der Waals surface area contributed by atoms with Crippen LogP contribution in [0.3, 0.4) is 0 Å². The van der Waals surface area contributed by atoms with Gasteiger partial charge in [0.25, 0.3) is 0 Å². The fourth-order valence-corrected chi connectivity index (χ4v) is 4.10. The standard InChI is InChI=1S/C20H38O2/c1-2-3-4-5-6-9-13-18-15-12-16-19(18)14-10-7-8-11-17-20(21)22/h18-19H,2-17H2,1H3,(H,21,22)/t18-,19-/m1/s1. The maximum atomic E-state index is 10.5. The summed E-state index contributed by atoms with van der Waals surface area (Å²) in [5.41, 5.74) is 0. The van der Waals surface area contributed by atoms with Crippen LogP contribution >= 0.6 is 0 Å². The lowest BCUT2D eigenvalue weighted by atomic mass is 9.86. The molecule has 0 saturated heterocycles. The molecule has 130 valence electrons. The molecule has 22 heavy (non-hydrogen) atoms. The molecular weight excluding hydrogens is 272 g/mol. The number of carbonyl (C=O) groups is 1. The Morgan fingerprint density at radius 3 is 1.86 bits per heavy atom. The minimum atomic E-state index is -0.644. The van der Waals surface area contributed by atoms with Crippen molar-refractivity contribution in [1.82, 2.24) is 0 Å². The molecule has 0 aromatic heterocycles. The number of carboxylic acid groups (broad SMARTS) is 1. The van der Waals surface area contributed by atoms with E-state index in [1.54, 1.807) is 0 Å². The molecule has 0 unspecified atom stereocenters. The molecule has 0 amide bonds. The number of hydrogen-bond acceptors (Lipinski definition) is 1. The van der Waals surface area contributed by atoms with Gasteiger partial charge in [-0.2, -0.15) is 0 Å². The highest BCUT2D eigenvalue weighted by Crippen LogP contribution is 2.38. The van der Waals surface area contributed by atoms with E-state index in [2.05, 4.69) is 6.92 Å². The van der Waals surface area contributed by atoms with Gasteiger partial charge in [0.2, 0.25) is 0 Å². The number of rotatable bonds is 14. The average Bonchev–Trinajstić information content (AvgIpc) is 2.93. The van der Waals surface area contributed by atoms with Gasteiger partial charge in [-0.25, -0.2) is 0 Å². The van der Waals surface area contributed by atoms with E-state index < -0.39 is 5.97 Å². The molecule has 1 rings (SSSR count). The van der Waals surface area contributed by atoms with Crippen LogP contribution in [0.5, 0.6) is 0 Å². The van der Waals surface area contributed by atoms with Crippen LogP contribution in [-0.4, -0.2) is 11.1 Å². The molecule has 1 saturated carbocycles. The molecule has 0 heterocycles. The zero-order chi connectivity index (χ0) is 16.0. The highest BCUT2D eigenvalue weighted by molar-refractivity contribution is 5.66. The molecule has 0 aromatic rings. The van der Waals surface area contributed by atoms with Crippen molar-refractivity contribution in [1.29, 1.82) is 0 Å². The molecule has 0 aliphatic heterocycles. The summed E-state index contributed by atoms with van der Waals surface area (Å²) in [5, 5.41) is 8.63. The lowest BCUT2D eigenvalue weighted by Crippen LogP contribution is -2.08. The SMILES string of the molecule is CCCCCCCC[C@@H]1CCC[C@H]1CCCCCCC(=O)O. The zero-order valence-electron chi connectivity index (χ0n) is 14.8. The normalized spacial score (nSPS) is 21.3. The van der Waals surface area contributed by atoms with Gasteiger partial charge in [-0.1, -0.05) is 96.8 Å². The molecule has 1 aliphatic rings. The third-order valence-corrected chi connectivity index (χ3v) is 5.46. The molecule has 2 atom stereocenters. The highest BCUT2D eigenvalue weighted by atomic mass is 16.4. The molecule has 0 spiro atoms. The van der Waals surface area contributed by atoms with Crippen molar-refractivity contribution >= 4 is 5.97 Å². The summed E-state index contributed by atoms with van der Waals surface area (Å²) in [4.78, 5) is 10.5. The van der Waals surface area contributed by atoms with E-state index in [1.165, 1.54) is 83.5 Å². The van der Waals surface area contributed by atoms with Crippen molar-refractivity contribution in [2.24, 2.45) is 11.8 Å².